The van der Waals surface area contributed by atoms with E-state index in [2.05, 4.69) is 34.5 Å². The highest BCUT2D eigenvalue weighted by Crippen LogP contribution is 2.23. The Labute approximate surface area is 156 Å². The third-order valence-corrected chi connectivity index (χ3v) is 4.85. The number of piperidine rings is 1. The lowest BCUT2D eigenvalue weighted by Crippen LogP contribution is -2.41. The Balaban J connectivity index is 1.49. The summed E-state index contributed by atoms with van der Waals surface area (Å²) in [6.45, 7) is 3.37. The van der Waals surface area contributed by atoms with Gasteiger partial charge in [0, 0.05) is 6.54 Å². The SMILES string of the molecule is O=C(COCc1ccccc1)NCC(c1ccccc1)N1CCCCC1. The van der Waals surface area contributed by atoms with Crippen molar-refractivity contribution in [2.45, 2.75) is 31.9 Å². The van der Waals surface area contributed by atoms with Crippen molar-refractivity contribution >= 4 is 5.91 Å². The molecule has 1 amide bonds. The summed E-state index contributed by atoms with van der Waals surface area (Å²) in [5, 5.41) is 3.06. The topological polar surface area (TPSA) is 41.6 Å². The minimum atomic E-state index is -0.0566. The maximum absolute atomic E-state index is 12.2. The van der Waals surface area contributed by atoms with E-state index in [0.29, 0.717) is 13.2 Å². The molecule has 0 aliphatic carbocycles. The van der Waals surface area contributed by atoms with Crippen molar-refractivity contribution in [2.75, 3.05) is 26.2 Å². The summed E-state index contributed by atoms with van der Waals surface area (Å²) in [5.74, 6) is -0.0566. The fraction of sp³-hybridized carbons (Fsp3) is 0.409. The number of nitrogens with one attached hydrogen (secondary N) is 1. The quantitative estimate of drug-likeness (QED) is 0.790. The molecular weight excluding hydrogens is 324 g/mol. The lowest BCUT2D eigenvalue weighted by atomic mass is 10.0. The van der Waals surface area contributed by atoms with Crippen molar-refractivity contribution < 1.29 is 9.53 Å². The van der Waals surface area contributed by atoms with E-state index in [0.717, 1.165) is 18.7 Å². The van der Waals surface area contributed by atoms with Gasteiger partial charge in [0.2, 0.25) is 5.91 Å². The van der Waals surface area contributed by atoms with E-state index in [1.807, 2.05) is 36.4 Å². The largest absolute Gasteiger partial charge is 0.367 e. The predicted octanol–water partition coefficient (Wildman–Crippen LogP) is 3.55. The van der Waals surface area contributed by atoms with E-state index in [1.165, 1.54) is 24.8 Å². The standard InChI is InChI=1S/C22H28N2O2/c25-22(18-26-17-19-10-4-1-5-11-19)23-16-21(20-12-6-2-7-13-20)24-14-8-3-9-15-24/h1-2,4-7,10-13,21H,3,8-9,14-18H2,(H,23,25). The van der Waals surface area contributed by atoms with Crippen molar-refractivity contribution in [3.8, 4) is 0 Å². The van der Waals surface area contributed by atoms with Gasteiger partial charge in [-0.2, -0.15) is 0 Å². The van der Waals surface area contributed by atoms with Crippen molar-refractivity contribution in [2.24, 2.45) is 0 Å². The number of rotatable bonds is 8. The average Bonchev–Trinajstić information content (AvgIpc) is 2.71. The molecule has 26 heavy (non-hydrogen) atoms. The zero-order chi connectivity index (χ0) is 18.0. The van der Waals surface area contributed by atoms with Crippen LogP contribution in [-0.2, 0) is 16.1 Å². The van der Waals surface area contributed by atoms with Gasteiger partial charge >= 0.3 is 0 Å². The molecule has 0 bridgehead atoms. The number of likely N-dealkylation sites (tertiary alicyclic amines) is 1. The predicted molar refractivity (Wildman–Crippen MR) is 104 cm³/mol. The molecule has 1 atom stereocenters. The van der Waals surface area contributed by atoms with Crippen LogP contribution in [0.5, 0.6) is 0 Å². The van der Waals surface area contributed by atoms with Crippen LogP contribution < -0.4 is 5.32 Å². The Bertz CT molecular complexity index is 654. The summed E-state index contributed by atoms with van der Waals surface area (Å²) in [6, 6.07) is 20.6. The van der Waals surface area contributed by atoms with Crippen molar-refractivity contribution in [1.82, 2.24) is 10.2 Å². The molecule has 1 heterocycles. The number of amides is 1. The van der Waals surface area contributed by atoms with E-state index < -0.39 is 0 Å². The van der Waals surface area contributed by atoms with Gasteiger partial charge < -0.3 is 10.1 Å². The van der Waals surface area contributed by atoms with Gasteiger partial charge in [0.15, 0.2) is 0 Å². The Morgan fingerprint density at radius 2 is 1.62 bits per heavy atom. The summed E-state index contributed by atoms with van der Waals surface area (Å²) in [6.07, 6.45) is 3.77. The molecule has 3 rings (SSSR count). The number of carbonyl (C=O) groups is 1. The fourth-order valence-corrected chi connectivity index (χ4v) is 3.46. The Morgan fingerprint density at radius 1 is 0.962 bits per heavy atom. The highest BCUT2D eigenvalue weighted by atomic mass is 16.5. The van der Waals surface area contributed by atoms with E-state index >= 15 is 0 Å². The molecule has 0 radical (unpaired) electrons. The van der Waals surface area contributed by atoms with Crippen molar-refractivity contribution in [3.63, 3.8) is 0 Å². The first-order chi connectivity index (χ1) is 12.8. The highest BCUT2D eigenvalue weighted by molar-refractivity contribution is 5.77. The van der Waals surface area contributed by atoms with Gasteiger partial charge in [-0.25, -0.2) is 0 Å². The Morgan fingerprint density at radius 3 is 2.31 bits per heavy atom. The van der Waals surface area contributed by atoms with Gasteiger partial charge in [0.1, 0.15) is 6.61 Å². The van der Waals surface area contributed by atoms with Gasteiger partial charge in [-0.15, -0.1) is 0 Å². The minimum absolute atomic E-state index is 0.0566. The number of carbonyl (C=O) groups excluding carboxylic acids is 1. The fourth-order valence-electron chi connectivity index (χ4n) is 3.46. The molecule has 0 saturated carbocycles. The molecule has 0 spiro atoms. The summed E-state index contributed by atoms with van der Waals surface area (Å²) in [5.41, 5.74) is 2.34. The van der Waals surface area contributed by atoms with E-state index in [9.17, 15) is 4.79 Å². The van der Waals surface area contributed by atoms with Crippen LogP contribution in [0.1, 0.15) is 36.4 Å². The molecule has 1 saturated heterocycles. The third-order valence-electron chi connectivity index (χ3n) is 4.85. The maximum Gasteiger partial charge on any atom is 0.246 e. The zero-order valence-electron chi connectivity index (χ0n) is 15.3. The number of ether oxygens (including phenoxy) is 1. The Hall–Kier alpha value is -2.17. The molecule has 4 heteroatoms. The number of nitrogens with zero attached hydrogens (tertiary/aromatic N) is 1. The number of hydrogen-bond donors (Lipinski definition) is 1. The molecule has 1 unspecified atom stereocenters. The van der Waals surface area contributed by atoms with Gasteiger partial charge in [-0.05, 0) is 37.1 Å². The van der Waals surface area contributed by atoms with Gasteiger partial charge in [0.05, 0.1) is 12.6 Å². The van der Waals surface area contributed by atoms with Gasteiger partial charge in [0.25, 0.3) is 0 Å². The average molecular weight is 352 g/mol. The molecule has 1 N–H and O–H groups in total. The molecule has 1 aliphatic rings. The monoisotopic (exact) mass is 352 g/mol. The Kier molecular flexibility index (Phi) is 7.23. The van der Waals surface area contributed by atoms with Crippen LogP contribution in [0.2, 0.25) is 0 Å². The van der Waals surface area contributed by atoms with Crippen LogP contribution in [-0.4, -0.2) is 37.0 Å². The summed E-state index contributed by atoms with van der Waals surface area (Å²) in [4.78, 5) is 14.7. The van der Waals surface area contributed by atoms with Gasteiger partial charge in [-0.3, -0.25) is 9.69 Å². The zero-order valence-corrected chi connectivity index (χ0v) is 15.3. The van der Waals surface area contributed by atoms with Gasteiger partial charge in [-0.1, -0.05) is 67.1 Å². The molecule has 4 nitrogen and oxygen atoms in total. The normalized spacial score (nSPS) is 16.2. The van der Waals surface area contributed by atoms with Crippen LogP contribution in [0.15, 0.2) is 60.7 Å². The first-order valence-electron chi connectivity index (χ1n) is 9.50. The van der Waals surface area contributed by atoms with E-state index in [4.69, 9.17) is 4.74 Å². The molecule has 138 valence electrons. The molecular formula is C22H28N2O2. The summed E-state index contributed by atoms with van der Waals surface area (Å²) < 4.78 is 5.54. The minimum Gasteiger partial charge on any atom is -0.367 e. The number of benzene rings is 2. The highest BCUT2D eigenvalue weighted by Gasteiger charge is 2.22. The molecule has 1 aliphatic heterocycles. The van der Waals surface area contributed by atoms with Crippen LogP contribution >= 0.6 is 0 Å². The molecule has 2 aromatic rings. The van der Waals surface area contributed by atoms with E-state index in [-0.39, 0.29) is 18.6 Å². The molecule has 0 aromatic heterocycles. The molecule has 1 fully saturated rings. The molecule has 2 aromatic carbocycles. The third kappa shape index (κ3) is 5.68. The maximum atomic E-state index is 12.2. The van der Waals surface area contributed by atoms with Crippen molar-refractivity contribution in [3.05, 3.63) is 71.8 Å². The van der Waals surface area contributed by atoms with Crippen LogP contribution in [0.3, 0.4) is 0 Å². The second kappa shape index (κ2) is 10.1. The van der Waals surface area contributed by atoms with Crippen LogP contribution in [0.4, 0.5) is 0 Å². The van der Waals surface area contributed by atoms with Crippen LogP contribution in [0, 0.1) is 0 Å². The lowest BCUT2D eigenvalue weighted by molar-refractivity contribution is -0.126. The van der Waals surface area contributed by atoms with Crippen molar-refractivity contribution in [1.29, 1.82) is 0 Å². The lowest BCUT2D eigenvalue weighted by Gasteiger charge is -2.35. The second-order valence-corrected chi connectivity index (χ2v) is 6.81. The second-order valence-electron chi connectivity index (χ2n) is 6.81. The van der Waals surface area contributed by atoms with Crippen LogP contribution in [0.25, 0.3) is 0 Å². The summed E-state index contributed by atoms with van der Waals surface area (Å²) in [7, 11) is 0. The first kappa shape index (κ1) is 18.6. The first-order valence-corrected chi connectivity index (χ1v) is 9.50. The summed E-state index contributed by atoms with van der Waals surface area (Å²) >= 11 is 0. The smallest absolute Gasteiger partial charge is 0.246 e. The number of hydrogen-bond acceptors (Lipinski definition) is 3. The van der Waals surface area contributed by atoms with E-state index in [1.54, 1.807) is 0 Å².